The van der Waals surface area contributed by atoms with Gasteiger partial charge >= 0.3 is 0 Å². The maximum absolute atomic E-state index is 11.0. The predicted molar refractivity (Wildman–Crippen MR) is 84.3 cm³/mol. The van der Waals surface area contributed by atoms with E-state index >= 15 is 0 Å². The molecule has 122 valence electrons. The van der Waals surface area contributed by atoms with Gasteiger partial charge in [-0.1, -0.05) is 25.7 Å². The van der Waals surface area contributed by atoms with Crippen LogP contribution in [0.1, 0.15) is 57.8 Å². The molecule has 1 unspecified atom stereocenters. The molecule has 21 heavy (non-hydrogen) atoms. The first kappa shape index (κ1) is 15.7. The average Bonchev–Trinajstić information content (AvgIpc) is 2.79. The van der Waals surface area contributed by atoms with Gasteiger partial charge in [0, 0.05) is 38.3 Å². The average molecular weight is 296 g/mol. The predicted octanol–water partition coefficient (Wildman–Crippen LogP) is 1.60. The number of hydrogen-bond acceptors (Lipinski definition) is 4. The van der Waals surface area contributed by atoms with Crippen molar-refractivity contribution in [2.24, 2.45) is 0 Å². The SMILES string of the molecule is OCC[C@H]1CN2CCCC2CN1CC1(O)CCCCCC1. The van der Waals surface area contributed by atoms with Crippen molar-refractivity contribution in [3.8, 4) is 0 Å². The topological polar surface area (TPSA) is 46.9 Å². The first-order valence-electron chi connectivity index (χ1n) is 9.01. The molecule has 1 saturated carbocycles. The van der Waals surface area contributed by atoms with E-state index in [4.69, 9.17) is 0 Å². The molecule has 3 rings (SSSR count). The summed E-state index contributed by atoms with van der Waals surface area (Å²) in [4.78, 5) is 5.11. The van der Waals surface area contributed by atoms with Crippen LogP contribution in [0.3, 0.4) is 0 Å². The zero-order chi connectivity index (χ0) is 14.7. The number of β-amino-alcohol motifs (C(OH)–C–C–N with tert-alkyl or cyclic N) is 1. The third-order valence-electron chi connectivity index (χ3n) is 5.90. The second-order valence-corrected chi connectivity index (χ2v) is 7.53. The summed E-state index contributed by atoms with van der Waals surface area (Å²) in [6, 6.07) is 1.12. The van der Waals surface area contributed by atoms with E-state index in [1.54, 1.807) is 0 Å². The maximum Gasteiger partial charge on any atom is 0.0774 e. The van der Waals surface area contributed by atoms with Crippen molar-refractivity contribution in [1.82, 2.24) is 9.80 Å². The van der Waals surface area contributed by atoms with E-state index in [9.17, 15) is 10.2 Å². The highest BCUT2D eigenvalue weighted by molar-refractivity contribution is 4.95. The minimum Gasteiger partial charge on any atom is -0.396 e. The summed E-state index contributed by atoms with van der Waals surface area (Å²) in [6.07, 6.45) is 10.3. The van der Waals surface area contributed by atoms with Crippen LogP contribution in [0.2, 0.25) is 0 Å². The van der Waals surface area contributed by atoms with Crippen molar-refractivity contribution in [3.05, 3.63) is 0 Å². The molecule has 0 aromatic heterocycles. The normalized spacial score (nSPS) is 34.6. The molecule has 2 N–H and O–H groups in total. The summed E-state index contributed by atoms with van der Waals surface area (Å²) in [6.45, 7) is 4.49. The smallest absolute Gasteiger partial charge is 0.0774 e. The molecule has 2 atom stereocenters. The zero-order valence-electron chi connectivity index (χ0n) is 13.3. The van der Waals surface area contributed by atoms with Crippen molar-refractivity contribution in [2.45, 2.75) is 75.5 Å². The Hall–Kier alpha value is -0.160. The molecule has 4 heteroatoms. The van der Waals surface area contributed by atoms with Gasteiger partial charge in [0.15, 0.2) is 0 Å². The number of aliphatic hydroxyl groups excluding tert-OH is 1. The van der Waals surface area contributed by atoms with Crippen LogP contribution in [-0.4, -0.2) is 70.5 Å². The van der Waals surface area contributed by atoms with E-state index in [0.29, 0.717) is 12.1 Å². The Morgan fingerprint density at radius 1 is 1.00 bits per heavy atom. The first-order chi connectivity index (χ1) is 10.2. The van der Waals surface area contributed by atoms with E-state index in [1.165, 1.54) is 45.1 Å². The fourth-order valence-corrected chi connectivity index (χ4v) is 4.69. The minimum absolute atomic E-state index is 0.262. The lowest BCUT2D eigenvalue weighted by Crippen LogP contribution is -2.59. The second kappa shape index (κ2) is 6.95. The van der Waals surface area contributed by atoms with E-state index in [2.05, 4.69) is 9.80 Å². The molecule has 0 spiro atoms. The monoisotopic (exact) mass is 296 g/mol. The van der Waals surface area contributed by atoms with E-state index in [1.807, 2.05) is 0 Å². The first-order valence-corrected chi connectivity index (χ1v) is 9.01. The molecule has 0 radical (unpaired) electrons. The molecule has 0 aromatic rings. The third kappa shape index (κ3) is 3.79. The molecular weight excluding hydrogens is 264 g/mol. The van der Waals surface area contributed by atoms with Gasteiger partial charge in [0.05, 0.1) is 5.60 Å². The van der Waals surface area contributed by atoms with Crippen molar-refractivity contribution in [1.29, 1.82) is 0 Å². The summed E-state index contributed by atoms with van der Waals surface area (Å²) in [5.74, 6) is 0. The molecule has 0 amide bonds. The fraction of sp³-hybridized carbons (Fsp3) is 1.00. The van der Waals surface area contributed by atoms with Gasteiger partial charge in [0.2, 0.25) is 0 Å². The summed E-state index contributed by atoms with van der Waals surface area (Å²) in [7, 11) is 0. The highest BCUT2D eigenvalue weighted by Gasteiger charge is 2.39. The van der Waals surface area contributed by atoms with Gasteiger partial charge in [0.25, 0.3) is 0 Å². The van der Waals surface area contributed by atoms with Gasteiger partial charge in [0.1, 0.15) is 0 Å². The van der Waals surface area contributed by atoms with Gasteiger partial charge in [-0.15, -0.1) is 0 Å². The molecule has 4 nitrogen and oxygen atoms in total. The highest BCUT2D eigenvalue weighted by atomic mass is 16.3. The lowest BCUT2D eigenvalue weighted by molar-refractivity contribution is -0.0495. The van der Waals surface area contributed by atoms with Crippen LogP contribution >= 0.6 is 0 Å². The molecule has 1 aliphatic carbocycles. The van der Waals surface area contributed by atoms with E-state index < -0.39 is 5.60 Å². The number of piperazine rings is 1. The quantitative estimate of drug-likeness (QED) is 0.774. The largest absolute Gasteiger partial charge is 0.396 e. The lowest BCUT2D eigenvalue weighted by atomic mass is 9.92. The summed E-state index contributed by atoms with van der Waals surface area (Å²) in [5.41, 5.74) is -0.481. The van der Waals surface area contributed by atoms with Crippen molar-refractivity contribution in [3.63, 3.8) is 0 Å². The molecule has 2 heterocycles. The molecule has 0 bridgehead atoms. The maximum atomic E-state index is 11.0. The van der Waals surface area contributed by atoms with Gasteiger partial charge in [-0.3, -0.25) is 9.80 Å². The highest BCUT2D eigenvalue weighted by Crippen LogP contribution is 2.32. The van der Waals surface area contributed by atoms with Crippen molar-refractivity contribution in [2.75, 3.05) is 32.8 Å². The fourth-order valence-electron chi connectivity index (χ4n) is 4.69. The Morgan fingerprint density at radius 3 is 2.48 bits per heavy atom. The lowest BCUT2D eigenvalue weighted by Gasteiger charge is -2.46. The van der Waals surface area contributed by atoms with Gasteiger partial charge in [-0.2, -0.15) is 0 Å². The van der Waals surface area contributed by atoms with Crippen LogP contribution < -0.4 is 0 Å². The molecule has 0 aromatic carbocycles. The second-order valence-electron chi connectivity index (χ2n) is 7.53. The third-order valence-corrected chi connectivity index (χ3v) is 5.90. The summed E-state index contributed by atoms with van der Waals surface area (Å²) in [5, 5.41) is 20.4. The molecule has 2 aliphatic heterocycles. The molecule has 3 aliphatic rings. The van der Waals surface area contributed by atoms with Gasteiger partial charge in [-0.25, -0.2) is 0 Å². The summed E-state index contributed by atoms with van der Waals surface area (Å²) < 4.78 is 0. The van der Waals surface area contributed by atoms with Crippen LogP contribution in [0, 0.1) is 0 Å². The van der Waals surface area contributed by atoms with Crippen molar-refractivity contribution < 1.29 is 10.2 Å². The Labute approximate surface area is 129 Å². The number of aliphatic hydroxyl groups is 2. The summed E-state index contributed by atoms with van der Waals surface area (Å²) >= 11 is 0. The van der Waals surface area contributed by atoms with E-state index in [0.717, 1.165) is 38.9 Å². The Bertz CT molecular complexity index is 329. The Morgan fingerprint density at radius 2 is 1.76 bits per heavy atom. The van der Waals surface area contributed by atoms with E-state index in [-0.39, 0.29) is 6.61 Å². The zero-order valence-corrected chi connectivity index (χ0v) is 13.3. The van der Waals surface area contributed by atoms with Crippen LogP contribution in [0.25, 0.3) is 0 Å². The molecule has 2 saturated heterocycles. The molecule has 3 fully saturated rings. The van der Waals surface area contributed by atoms with Gasteiger partial charge in [-0.05, 0) is 38.6 Å². The van der Waals surface area contributed by atoms with Crippen LogP contribution in [0.4, 0.5) is 0 Å². The van der Waals surface area contributed by atoms with Crippen LogP contribution in [-0.2, 0) is 0 Å². The van der Waals surface area contributed by atoms with Gasteiger partial charge < -0.3 is 10.2 Å². The van der Waals surface area contributed by atoms with Crippen LogP contribution in [0.15, 0.2) is 0 Å². The number of hydrogen-bond donors (Lipinski definition) is 2. The Kier molecular flexibility index (Phi) is 5.20. The Balaban J connectivity index is 1.65. The number of nitrogens with zero attached hydrogens (tertiary/aromatic N) is 2. The van der Waals surface area contributed by atoms with Crippen molar-refractivity contribution >= 4 is 0 Å². The van der Waals surface area contributed by atoms with Crippen LogP contribution in [0.5, 0.6) is 0 Å². The molecular formula is C17H32N2O2. The standard InChI is InChI=1S/C17H32N2O2/c20-11-7-16-12-18-10-5-6-15(18)13-19(16)14-17(21)8-3-1-2-4-9-17/h15-16,20-21H,1-14H2/t15?,16-/m0/s1. The number of fused-ring (bicyclic) bond motifs is 1. The minimum atomic E-state index is -0.481. The number of rotatable bonds is 4.